The van der Waals surface area contributed by atoms with Gasteiger partial charge in [0.15, 0.2) is 0 Å². The lowest BCUT2D eigenvalue weighted by Crippen LogP contribution is -2.24. The summed E-state index contributed by atoms with van der Waals surface area (Å²) in [5.41, 5.74) is 6.56. The number of rotatable bonds is 10. The second-order valence-corrected chi connectivity index (χ2v) is 9.72. The molecule has 5 heteroatoms. The van der Waals surface area contributed by atoms with E-state index >= 15 is 0 Å². The number of aryl methyl sites for hydroxylation is 2. The molecule has 0 aliphatic heterocycles. The first-order chi connectivity index (χ1) is 18.7. The number of carboxylic acid groups (broad SMARTS) is 1. The van der Waals surface area contributed by atoms with E-state index in [1.807, 2.05) is 31.2 Å². The minimum Gasteiger partial charge on any atom is -0.478 e. The van der Waals surface area contributed by atoms with Gasteiger partial charge in [0.1, 0.15) is 0 Å². The summed E-state index contributed by atoms with van der Waals surface area (Å²) in [5.74, 6) is -0.961. The van der Waals surface area contributed by atoms with Crippen LogP contribution in [-0.2, 0) is 12.8 Å². The lowest BCUT2D eigenvalue weighted by atomic mass is 10.1. The van der Waals surface area contributed by atoms with E-state index in [1.54, 1.807) is 6.07 Å². The number of hydrogen-bond acceptors (Lipinski definition) is 3. The molecule has 4 nitrogen and oxygen atoms in total. The van der Waals surface area contributed by atoms with Crippen LogP contribution in [-0.4, -0.2) is 27.5 Å². The Balaban J connectivity index is 0.000000524. The molecule has 0 amide bonds. The Morgan fingerprint density at radius 2 is 1.59 bits per heavy atom. The van der Waals surface area contributed by atoms with Gasteiger partial charge in [-0.3, -0.25) is 4.98 Å². The monoisotopic (exact) mass is 548 g/mol. The van der Waals surface area contributed by atoms with Crippen molar-refractivity contribution in [3.63, 3.8) is 0 Å². The molecule has 2 aromatic carbocycles. The molecule has 0 fully saturated rings. The number of carbonyl (C=O) groups is 1. The van der Waals surface area contributed by atoms with E-state index in [-0.39, 0.29) is 5.56 Å². The molecule has 1 heterocycles. The molecule has 0 atom stereocenters. The van der Waals surface area contributed by atoms with E-state index in [1.165, 1.54) is 41.1 Å². The Bertz CT molecular complexity index is 1170. The SMILES string of the molecule is C=C(c1cc(C(=O)O)ccn1)N(CCc1ccc(C)cc1)/C(=C\C)CCC.CCC.CCc1ccc(Cl)cc1. The second-order valence-electron chi connectivity index (χ2n) is 9.29. The summed E-state index contributed by atoms with van der Waals surface area (Å²) in [4.78, 5) is 17.8. The maximum absolute atomic E-state index is 11.3. The normalized spacial score (nSPS) is 10.5. The molecule has 0 saturated heterocycles. The summed E-state index contributed by atoms with van der Waals surface area (Å²) in [6.07, 6.45) is 8.79. The molecule has 0 radical (unpaired) electrons. The van der Waals surface area contributed by atoms with Crippen LogP contribution in [0.15, 0.2) is 85.2 Å². The van der Waals surface area contributed by atoms with E-state index in [0.717, 1.165) is 42.9 Å². The number of carboxylic acids is 1. The number of benzene rings is 2. The molecule has 1 N–H and O–H groups in total. The zero-order chi connectivity index (χ0) is 29.2. The van der Waals surface area contributed by atoms with Crippen LogP contribution in [0.5, 0.6) is 0 Å². The van der Waals surface area contributed by atoms with Crippen molar-refractivity contribution >= 4 is 23.3 Å². The number of allylic oxidation sites excluding steroid dienone is 2. The zero-order valence-corrected chi connectivity index (χ0v) is 25.3. The highest BCUT2D eigenvalue weighted by Gasteiger charge is 2.16. The molecule has 0 spiro atoms. The fourth-order valence-corrected chi connectivity index (χ4v) is 3.84. The summed E-state index contributed by atoms with van der Waals surface area (Å²) in [7, 11) is 0. The van der Waals surface area contributed by atoms with Gasteiger partial charge in [-0.25, -0.2) is 4.79 Å². The van der Waals surface area contributed by atoms with Crippen LogP contribution in [0.2, 0.25) is 5.02 Å². The van der Waals surface area contributed by atoms with Crippen molar-refractivity contribution < 1.29 is 9.90 Å². The third-order valence-electron chi connectivity index (χ3n) is 5.88. The first kappa shape index (κ1) is 33.7. The molecule has 0 unspecified atom stereocenters. The Morgan fingerprint density at radius 1 is 1.00 bits per heavy atom. The molecule has 0 aliphatic carbocycles. The van der Waals surface area contributed by atoms with Gasteiger partial charge >= 0.3 is 5.97 Å². The van der Waals surface area contributed by atoms with Gasteiger partial charge in [-0.2, -0.15) is 0 Å². The summed E-state index contributed by atoms with van der Waals surface area (Å²) in [6, 6.07) is 19.5. The van der Waals surface area contributed by atoms with Crippen LogP contribution >= 0.6 is 11.6 Å². The van der Waals surface area contributed by atoms with Crippen LogP contribution in [0.25, 0.3) is 5.70 Å². The van der Waals surface area contributed by atoms with Gasteiger partial charge in [0, 0.05) is 23.5 Å². The van der Waals surface area contributed by atoms with Gasteiger partial charge in [0.05, 0.1) is 17.0 Å². The van der Waals surface area contributed by atoms with E-state index in [9.17, 15) is 9.90 Å². The van der Waals surface area contributed by atoms with Crippen LogP contribution in [0.4, 0.5) is 0 Å². The Kier molecular flexibility index (Phi) is 16.2. The maximum atomic E-state index is 11.3. The van der Waals surface area contributed by atoms with Crippen molar-refractivity contribution in [3.8, 4) is 0 Å². The van der Waals surface area contributed by atoms with Gasteiger partial charge in [-0.1, -0.05) is 107 Å². The molecule has 3 rings (SSSR count). The molecule has 0 bridgehead atoms. The lowest BCUT2D eigenvalue weighted by Gasteiger charge is -2.29. The molecular formula is C34H45ClN2O2. The van der Waals surface area contributed by atoms with Crippen LogP contribution < -0.4 is 0 Å². The topological polar surface area (TPSA) is 53.4 Å². The number of aromatic carboxylic acids is 1. The van der Waals surface area contributed by atoms with Crippen molar-refractivity contribution in [1.82, 2.24) is 9.88 Å². The average molecular weight is 549 g/mol. The highest BCUT2D eigenvalue weighted by Crippen LogP contribution is 2.24. The van der Waals surface area contributed by atoms with E-state index in [2.05, 4.69) is 81.4 Å². The van der Waals surface area contributed by atoms with Crippen molar-refractivity contribution in [2.24, 2.45) is 0 Å². The smallest absolute Gasteiger partial charge is 0.335 e. The van der Waals surface area contributed by atoms with Crippen molar-refractivity contribution in [2.75, 3.05) is 6.54 Å². The van der Waals surface area contributed by atoms with E-state index in [4.69, 9.17) is 11.6 Å². The molecule has 0 aliphatic rings. The number of halogens is 1. The fourth-order valence-electron chi connectivity index (χ4n) is 3.72. The molecule has 3 aromatic rings. The zero-order valence-electron chi connectivity index (χ0n) is 24.5. The summed E-state index contributed by atoms with van der Waals surface area (Å²) < 4.78 is 0. The average Bonchev–Trinajstić information content (AvgIpc) is 2.94. The Morgan fingerprint density at radius 3 is 2.10 bits per heavy atom. The Hall–Kier alpha value is -3.37. The van der Waals surface area contributed by atoms with Gasteiger partial charge in [0.25, 0.3) is 0 Å². The molecule has 0 saturated carbocycles. The van der Waals surface area contributed by atoms with Gasteiger partial charge < -0.3 is 10.0 Å². The molecule has 39 heavy (non-hydrogen) atoms. The number of nitrogens with zero attached hydrogens (tertiary/aromatic N) is 2. The fraction of sp³-hybridized carbons (Fsp3) is 0.353. The predicted octanol–water partition coefficient (Wildman–Crippen LogP) is 9.63. The maximum Gasteiger partial charge on any atom is 0.335 e. The van der Waals surface area contributed by atoms with Gasteiger partial charge in [-0.15, -0.1) is 0 Å². The standard InChI is InChI=1S/C23H28N2O2.C8H9Cl.C3H8/c1-5-7-21(6-2)25(15-13-19-10-8-17(3)9-11-19)18(4)22-16-20(23(26)27)12-14-24-22;1-2-7-3-5-8(9)6-4-7;1-3-2/h6,8-12,14,16H,4-5,7,13,15H2,1-3H3,(H,26,27);3-6H,2H2,1H3;3H2,1-2H3/b21-6-;;. The van der Waals surface area contributed by atoms with E-state index < -0.39 is 5.97 Å². The second kappa shape index (κ2) is 18.8. The van der Waals surface area contributed by atoms with Crippen molar-refractivity contribution in [3.05, 3.63) is 118 Å². The summed E-state index contributed by atoms with van der Waals surface area (Å²) in [5, 5.41) is 10.1. The van der Waals surface area contributed by atoms with Crippen molar-refractivity contribution in [2.45, 2.75) is 73.6 Å². The largest absolute Gasteiger partial charge is 0.478 e. The highest BCUT2D eigenvalue weighted by atomic mass is 35.5. The lowest BCUT2D eigenvalue weighted by molar-refractivity contribution is 0.0696. The minimum atomic E-state index is -0.961. The van der Waals surface area contributed by atoms with Crippen LogP contribution in [0.3, 0.4) is 0 Å². The van der Waals surface area contributed by atoms with Gasteiger partial charge in [0.2, 0.25) is 0 Å². The van der Waals surface area contributed by atoms with E-state index in [0.29, 0.717) is 5.69 Å². The highest BCUT2D eigenvalue weighted by molar-refractivity contribution is 6.30. The number of pyridine rings is 1. The first-order valence-corrected chi connectivity index (χ1v) is 14.2. The third kappa shape index (κ3) is 12.4. The predicted molar refractivity (Wildman–Crippen MR) is 167 cm³/mol. The van der Waals surface area contributed by atoms with Gasteiger partial charge in [-0.05, 0) is 68.5 Å². The number of aromatic nitrogens is 1. The quantitative estimate of drug-likeness (QED) is 0.274. The van der Waals surface area contributed by atoms with Crippen LogP contribution in [0.1, 0.15) is 86.6 Å². The van der Waals surface area contributed by atoms with Crippen molar-refractivity contribution in [1.29, 1.82) is 0 Å². The summed E-state index contributed by atoms with van der Waals surface area (Å²) in [6.45, 7) is 17.6. The summed E-state index contributed by atoms with van der Waals surface area (Å²) >= 11 is 5.67. The van der Waals surface area contributed by atoms with Crippen LogP contribution in [0, 0.1) is 6.92 Å². The Labute approximate surface area is 241 Å². The minimum absolute atomic E-state index is 0.220. The first-order valence-electron chi connectivity index (χ1n) is 13.8. The number of hydrogen-bond donors (Lipinski definition) is 1. The molecule has 210 valence electrons. The third-order valence-corrected chi connectivity index (χ3v) is 6.13. The molecular weight excluding hydrogens is 504 g/mol. The molecule has 1 aromatic heterocycles.